The van der Waals surface area contributed by atoms with Crippen molar-refractivity contribution in [2.75, 3.05) is 33.4 Å². The van der Waals surface area contributed by atoms with E-state index in [9.17, 15) is 45.8 Å². The molecule has 290 valence electrons. The molecule has 3 aromatic rings. The van der Waals surface area contributed by atoms with Crippen LogP contribution < -0.4 is 10.9 Å². The van der Waals surface area contributed by atoms with Crippen LogP contribution >= 0.6 is 0 Å². The molecule has 8 nitrogen and oxygen atoms in total. The van der Waals surface area contributed by atoms with Crippen molar-refractivity contribution in [3.05, 3.63) is 91.6 Å². The molecule has 1 aliphatic rings. The Bertz CT molecular complexity index is 1880. The Balaban J connectivity index is 1.80. The molecule has 1 unspecified atom stereocenters. The quantitative estimate of drug-likeness (QED) is 0.164. The van der Waals surface area contributed by atoms with Gasteiger partial charge in [-0.25, -0.2) is 4.39 Å². The van der Waals surface area contributed by atoms with Gasteiger partial charge in [-0.05, 0) is 85.0 Å². The van der Waals surface area contributed by atoms with Crippen molar-refractivity contribution in [3.63, 3.8) is 0 Å². The maximum absolute atomic E-state index is 15.9. The number of alkyl halides is 6. The van der Waals surface area contributed by atoms with E-state index in [-0.39, 0.29) is 42.3 Å². The summed E-state index contributed by atoms with van der Waals surface area (Å²) in [4.78, 5) is 41.3. The van der Waals surface area contributed by atoms with Crippen molar-refractivity contribution >= 4 is 11.9 Å². The molecule has 0 spiro atoms. The molecule has 0 saturated carbocycles. The molecule has 1 saturated heterocycles. The normalized spacial score (nSPS) is 15.4. The number of nitrogens with zero attached hydrogens (tertiary/aromatic N) is 2. The third-order valence-electron chi connectivity index (χ3n) is 9.64. The number of halogens is 7. The number of carbonyl (C=O) groups is 2. The van der Waals surface area contributed by atoms with Gasteiger partial charge in [0.2, 0.25) is 5.91 Å². The van der Waals surface area contributed by atoms with Gasteiger partial charge in [0.15, 0.2) is 0 Å². The molecule has 2 N–H and O–H groups in total. The highest BCUT2D eigenvalue weighted by atomic mass is 19.4. The van der Waals surface area contributed by atoms with Crippen molar-refractivity contribution in [1.29, 1.82) is 0 Å². The minimum absolute atomic E-state index is 0.0601. The number of amides is 1. The molecule has 1 aromatic heterocycles. The molecule has 2 aromatic carbocycles. The van der Waals surface area contributed by atoms with E-state index in [4.69, 9.17) is 4.74 Å². The zero-order chi connectivity index (χ0) is 39.6. The number of nitrogens with one attached hydrogen (secondary N) is 1. The lowest BCUT2D eigenvalue weighted by Gasteiger charge is -2.39. The topological polar surface area (TPSA) is 101 Å². The summed E-state index contributed by atoms with van der Waals surface area (Å²) in [6.45, 7) is 10.4. The van der Waals surface area contributed by atoms with Gasteiger partial charge in [-0.3, -0.25) is 14.4 Å². The number of aromatic nitrogens is 1. The second-order valence-electron chi connectivity index (χ2n) is 14.2. The molecule has 2 atom stereocenters. The summed E-state index contributed by atoms with van der Waals surface area (Å²) < 4.78 is 107. The van der Waals surface area contributed by atoms with Crippen LogP contribution in [0.2, 0.25) is 0 Å². The van der Waals surface area contributed by atoms with E-state index in [1.165, 1.54) is 0 Å². The molecule has 53 heavy (non-hydrogen) atoms. The van der Waals surface area contributed by atoms with Crippen molar-refractivity contribution in [3.8, 4) is 11.1 Å². The highest BCUT2D eigenvalue weighted by molar-refractivity contribution is 5.82. The fraction of sp³-hybridized carbons (Fsp3) is 0.500. The van der Waals surface area contributed by atoms with Crippen LogP contribution in [0.15, 0.2) is 41.3 Å². The summed E-state index contributed by atoms with van der Waals surface area (Å²) in [5, 5.41) is 12.1. The summed E-state index contributed by atoms with van der Waals surface area (Å²) in [7, 11) is 1.55. The highest BCUT2D eigenvalue weighted by Gasteiger charge is 2.39. The van der Waals surface area contributed by atoms with E-state index in [1.807, 2.05) is 4.90 Å². The van der Waals surface area contributed by atoms with Crippen LogP contribution in [-0.4, -0.2) is 59.8 Å². The number of hydrogen-bond acceptors (Lipinski definition) is 5. The Kier molecular flexibility index (Phi) is 12.9. The van der Waals surface area contributed by atoms with Crippen molar-refractivity contribution in [1.82, 2.24) is 14.8 Å². The van der Waals surface area contributed by atoms with Crippen LogP contribution in [0.1, 0.15) is 77.7 Å². The van der Waals surface area contributed by atoms with Gasteiger partial charge in [-0.1, -0.05) is 26.0 Å². The molecule has 1 fully saturated rings. The molecule has 1 aliphatic heterocycles. The standard InChI is InChI=1S/C38H44F7N3O5/c1-20(2)11-31(48-18-25(28(14-32(48)49)37(40,41)42)9-10-47-16-24(17-47)19-53-6)36(52)46-30(15-33(50)51)27-12-26(13-29(35(27)39)38(43,44)45)34-22(4)8-7-21(3)23(34)5/h7-8,12-14,18,20,24,30-31H,9-11,15-17,19H2,1-6H3,(H,46,52)(H,50,51)/t30-,31?/m0/s1. The molecular formula is C38H44F7N3O5. The van der Waals surface area contributed by atoms with Crippen LogP contribution in [0.5, 0.6) is 0 Å². The molecule has 0 radical (unpaired) electrons. The number of aryl methyl sites for hydroxylation is 2. The third kappa shape index (κ3) is 9.85. The van der Waals surface area contributed by atoms with E-state index in [2.05, 4.69) is 5.32 Å². The number of carboxylic acids is 1. The average molecular weight is 756 g/mol. The lowest BCUT2D eigenvalue weighted by molar-refractivity contribution is -0.140. The van der Waals surface area contributed by atoms with E-state index < -0.39 is 70.8 Å². The Morgan fingerprint density at radius 3 is 2.17 bits per heavy atom. The SMILES string of the molecule is COCC1CN(CCc2cn(C(CC(C)C)C(=O)N[C@@H](CC(=O)O)c3cc(-c4c(C)ccc(C)c4C)cc(C(F)(F)F)c3F)c(=O)cc2C(F)(F)F)C1. The number of likely N-dealkylation sites (tertiary alicyclic amines) is 1. The summed E-state index contributed by atoms with van der Waals surface area (Å²) in [6.07, 6.45) is -10.4. The predicted molar refractivity (Wildman–Crippen MR) is 184 cm³/mol. The lowest BCUT2D eigenvalue weighted by atomic mass is 9.88. The number of methoxy groups -OCH3 is 1. The summed E-state index contributed by atoms with van der Waals surface area (Å²) in [6, 6.07) is 2.17. The van der Waals surface area contributed by atoms with E-state index >= 15 is 4.39 Å². The van der Waals surface area contributed by atoms with Crippen LogP contribution in [-0.2, 0) is 33.1 Å². The van der Waals surface area contributed by atoms with E-state index in [1.54, 1.807) is 53.9 Å². The van der Waals surface area contributed by atoms with Crippen LogP contribution in [0.3, 0.4) is 0 Å². The maximum Gasteiger partial charge on any atom is 0.419 e. The van der Waals surface area contributed by atoms with Crippen molar-refractivity contribution in [2.24, 2.45) is 11.8 Å². The Morgan fingerprint density at radius 1 is 0.981 bits per heavy atom. The van der Waals surface area contributed by atoms with Gasteiger partial charge in [0.25, 0.3) is 5.56 Å². The fourth-order valence-electron chi connectivity index (χ4n) is 6.90. The molecule has 1 amide bonds. The number of rotatable bonds is 14. The van der Waals surface area contributed by atoms with E-state index in [0.29, 0.717) is 48.5 Å². The number of hydrogen-bond donors (Lipinski definition) is 2. The fourth-order valence-corrected chi connectivity index (χ4v) is 6.90. The molecule has 2 heterocycles. The predicted octanol–water partition coefficient (Wildman–Crippen LogP) is 7.66. The van der Waals surface area contributed by atoms with Gasteiger partial charge in [0.1, 0.15) is 11.9 Å². The smallest absolute Gasteiger partial charge is 0.419 e. The van der Waals surface area contributed by atoms with Gasteiger partial charge in [-0.2, -0.15) is 26.3 Å². The molecular weight excluding hydrogens is 711 g/mol. The first-order valence-corrected chi connectivity index (χ1v) is 17.2. The minimum Gasteiger partial charge on any atom is -0.481 e. The third-order valence-corrected chi connectivity index (χ3v) is 9.64. The van der Waals surface area contributed by atoms with Gasteiger partial charge in [0, 0.05) is 50.5 Å². The number of benzene rings is 2. The zero-order valence-electron chi connectivity index (χ0n) is 30.3. The lowest BCUT2D eigenvalue weighted by Crippen LogP contribution is -2.49. The molecule has 0 bridgehead atoms. The first-order chi connectivity index (χ1) is 24.6. The first kappa shape index (κ1) is 41.5. The van der Waals surface area contributed by atoms with Gasteiger partial charge < -0.3 is 24.6 Å². The number of ether oxygens (including phenoxy) is 1. The Morgan fingerprint density at radius 2 is 1.60 bits per heavy atom. The summed E-state index contributed by atoms with van der Waals surface area (Å²) in [5.74, 6) is -4.56. The number of aliphatic carboxylic acids is 1. The molecule has 4 rings (SSSR count). The maximum atomic E-state index is 15.9. The van der Waals surface area contributed by atoms with Gasteiger partial charge in [-0.15, -0.1) is 0 Å². The highest BCUT2D eigenvalue weighted by Crippen LogP contribution is 2.40. The second-order valence-corrected chi connectivity index (χ2v) is 14.2. The largest absolute Gasteiger partial charge is 0.481 e. The van der Waals surface area contributed by atoms with E-state index in [0.717, 1.165) is 22.4 Å². The first-order valence-electron chi connectivity index (χ1n) is 17.2. The molecule has 15 heteroatoms. The number of carbonyl (C=O) groups excluding carboxylic acids is 1. The van der Waals surface area contributed by atoms with Crippen LogP contribution in [0, 0.1) is 38.4 Å². The Labute approximate surface area is 302 Å². The summed E-state index contributed by atoms with van der Waals surface area (Å²) >= 11 is 0. The minimum atomic E-state index is -5.21. The van der Waals surface area contributed by atoms with Crippen LogP contribution in [0.4, 0.5) is 30.7 Å². The average Bonchev–Trinajstić information content (AvgIpc) is 3.02. The van der Waals surface area contributed by atoms with Gasteiger partial charge in [0.05, 0.1) is 30.2 Å². The van der Waals surface area contributed by atoms with Crippen molar-refractivity contribution in [2.45, 2.75) is 78.3 Å². The van der Waals surface area contributed by atoms with Gasteiger partial charge >= 0.3 is 18.3 Å². The number of carboxylic acid groups (broad SMARTS) is 1. The zero-order valence-corrected chi connectivity index (χ0v) is 30.3. The van der Waals surface area contributed by atoms with Crippen LogP contribution in [0.25, 0.3) is 11.1 Å². The summed E-state index contributed by atoms with van der Waals surface area (Å²) in [5.41, 5.74) is -2.81. The molecule has 0 aliphatic carbocycles. The monoisotopic (exact) mass is 755 g/mol. The number of pyridine rings is 1. The van der Waals surface area contributed by atoms with Crippen molar-refractivity contribution < 1.29 is 50.2 Å². The Hall–Kier alpha value is -4.24. The second kappa shape index (κ2) is 16.4.